The predicted octanol–water partition coefficient (Wildman–Crippen LogP) is 0.320. The predicted molar refractivity (Wildman–Crippen MR) is 100 cm³/mol. The molecule has 8 nitrogen and oxygen atoms in total. The van der Waals surface area contributed by atoms with Crippen LogP contribution in [0.4, 0.5) is 0 Å². The number of piperidine rings is 2. The Hall–Kier alpha value is -2.58. The van der Waals surface area contributed by atoms with Gasteiger partial charge in [-0.15, -0.1) is 0 Å². The summed E-state index contributed by atoms with van der Waals surface area (Å²) >= 11 is 0. The molecule has 0 aromatic heterocycles. The van der Waals surface area contributed by atoms with Crippen LogP contribution >= 0.6 is 0 Å². The molecular formula is C20H24N4O4. The maximum Gasteiger partial charge on any atom is 0.262 e. The smallest absolute Gasteiger partial charge is 0.262 e. The van der Waals surface area contributed by atoms with Crippen LogP contribution in [0, 0.1) is 0 Å². The Morgan fingerprint density at radius 1 is 1.04 bits per heavy atom. The molecule has 0 radical (unpaired) electrons. The first-order valence-electron chi connectivity index (χ1n) is 9.83. The lowest BCUT2D eigenvalue weighted by Gasteiger charge is -2.27. The van der Waals surface area contributed by atoms with Crippen LogP contribution in [0.3, 0.4) is 0 Å². The van der Waals surface area contributed by atoms with Crippen LogP contribution < -0.4 is 16.0 Å². The van der Waals surface area contributed by atoms with Crippen molar-refractivity contribution in [2.75, 3.05) is 13.1 Å². The van der Waals surface area contributed by atoms with Gasteiger partial charge in [0, 0.05) is 25.6 Å². The van der Waals surface area contributed by atoms with Crippen LogP contribution in [0.15, 0.2) is 18.2 Å². The first-order valence-corrected chi connectivity index (χ1v) is 9.83. The lowest BCUT2D eigenvalue weighted by atomic mass is 10.0. The van der Waals surface area contributed by atoms with E-state index >= 15 is 0 Å². The van der Waals surface area contributed by atoms with Gasteiger partial charge in [-0.05, 0) is 43.5 Å². The number of nitrogens with one attached hydrogen (secondary N) is 3. The molecule has 0 saturated carbocycles. The molecule has 0 aliphatic carbocycles. The number of carbonyl (C=O) groups excluding carboxylic acids is 4. The molecule has 148 valence electrons. The second kappa shape index (κ2) is 7.81. The Morgan fingerprint density at radius 3 is 2.61 bits per heavy atom. The zero-order valence-electron chi connectivity index (χ0n) is 15.6. The van der Waals surface area contributed by atoms with Crippen LogP contribution in [0.1, 0.15) is 58.4 Å². The Balaban J connectivity index is 1.43. The quantitative estimate of drug-likeness (QED) is 0.631. The van der Waals surface area contributed by atoms with E-state index in [0.29, 0.717) is 23.7 Å². The average molecular weight is 384 g/mol. The molecule has 0 bridgehead atoms. The third-order valence-corrected chi connectivity index (χ3v) is 5.64. The minimum absolute atomic E-state index is 0.119. The van der Waals surface area contributed by atoms with Gasteiger partial charge in [0.1, 0.15) is 6.04 Å². The zero-order valence-corrected chi connectivity index (χ0v) is 15.6. The fourth-order valence-corrected chi connectivity index (χ4v) is 4.12. The zero-order chi connectivity index (χ0) is 19.7. The number of nitrogens with zero attached hydrogens (tertiary/aromatic N) is 1. The summed E-state index contributed by atoms with van der Waals surface area (Å²) in [5.74, 6) is -1.91. The lowest BCUT2D eigenvalue weighted by Crippen LogP contribution is -2.54. The first kappa shape index (κ1) is 18.8. The van der Waals surface area contributed by atoms with E-state index in [1.807, 2.05) is 6.07 Å². The highest BCUT2D eigenvalue weighted by Crippen LogP contribution is 2.28. The van der Waals surface area contributed by atoms with Gasteiger partial charge in [-0.1, -0.05) is 12.5 Å². The van der Waals surface area contributed by atoms with Crippen molar-refractivity contribution in [3.05, 3.63) is 34.9 Å². The lowest BCUT2D eigenvalue weighted by molar-refractivity contribution is -0.136. The van der Waals surface area contributed by atoms with Crippen LogP contribution in [-0.4, -0.2) is 53.7 Å². The Kier molecular flexibility index (Phi) is 5.23. The van der Waals surface area contributed by atoms with Gasteiger partial charge in [0.25, 0.3) is 11.8 Å². The summed E-state index contributed by atoms with van der Waals surface area (Å²) in [7, 11) is 0. The Labute approximate surface area is 163 Å². The monoisotopic (exact) mass is 384 g/mol. The summed E-state index contributed by atoms with van der Waals surface area (Å²) in [5, 5.41) is 9.09. The van der Waals surface area contributed by atoms with Crippen LogP contribution in [0.2, 0.25) is 0 Å². The Morgan fingerprint density at radius 2 is 1.86 bits per heavy atom. The number of hydrogen-bond acceptors (Lipinski definition) is 6. The second-order valence-corrected chi connectivity index (χ2v) is 7.60. The summed E-state index contributed by atoms with van der Waals surface area (Å²) in [5.41, 5.74) is 1.55. The topological polar surface area (TPSA) is 108 Å². The van der Waals surface area contributed by atoms with E-state index in [0.717, 1.165) is 30.0 Å². The van der Waals surface area contributed by atoms with Crippen LogP contribution in [0.25, 0.3) is 0 Å². The second-order valence-electron chi connectivity index (χ2n) is 7.60. The van der Waals surface area contributed by atoms with Crippen molar-refractivity contribution in [3.8, 4) is 0 Å². The van der Waals surface area contributed by atoms with Crippen molar-refractivity contribution in [2.24, 2.45) is 0 Å². The third-order valence-electron chi connectivity index (χ3n) is 5.64. The number of imide groups is 2. The van der Waals surface area contributed by atoms with E-state index in [1.165, 1.54) is 12.8 Å². The van der Waals surface area contributed by atoms with Crippen LogP contribution in [0.5, 0.6) is 0 Å². The highest BCUT2D eigenvalue weighted by molar-refractivity contribution is 6.23. The molecule has 3 aliphatic heterocycles. The van der Waals surface area contributed by atoms with Gasteiger partial charge < -0.3 is 10.6 Å². The third kappa shape index (κ3) is 3.57. The number of amides is 4. The van der Waals surface area contributed by atoms with Crippen molar-refractivity contribution >= 4 is 23.6 Å². The number of carbonyl (C=O) groups is 4. The molecule has 3 N–H and O–H groups in total. The minimum atomic E-state index is -0.927. The summed E-state index contributed by atoms with van der Waals surface area (Å²) in [6.45, 7) is 2.51. The molecule has 1 aromatic carbocycles. The summed E-state index contributed by atoms with van der Waals surface area (Å²) in [4.78, 5) is 49.9. The van der Waals surface area contributed by atoms with E-state index in [-0.39, 0.29) is 18.7 Å². The molecule has 2 saturated heterocycles. The molecule has 4 rings (SSSR count). The van der Waals surface area contributed by atoms with Gasteiger partial charge in [-0.25, -0.2) is 0 Å². The van der Waals surface area contributed by atoms with Crippen molar-refractivity contribution in [3.63, 3.8) is 0 Å². The molecule has 1 aromatic rings. The average Bonchev–Trinajstić information content (AvgIpc) is 2.93. The van der Waals surface area contributed by atoms with Crippen molar-refractivity contribution in [2.45, 2.75) is 50.7 Å². The van der Waals surface area contributed by atoms with Gasteiger partial charge in [0.05, 0.1) is 11.1 Å². The van der Waals surface area contributed by atoms with Gasteiger partial charge in [-0.3, -0.25) is 29.4 Å². The van der Waals surface area contributed by atoms with Gasteiger partial charge >= 0.3 is 0 Å². The number of benzene rings is 1. The number of fused-ring (bicyclic) bond motifs is 1. The highest BCUT2D eigenvalue weighted by atomic mass is 16.2. The number of rotatable bonds is 5. The molecule has 2 fully saturated rings. The fraction of sp³-hybridized carbons (Fsp3) is 0.500. The summed E-state index contributed by atoms with van der Waals surface area (Å²) < 4.78 is 0. The minimum Gasteiger partial charge on any atom is -0.313 e. The molecule has 0 spiro atoms. The Bertz CT molecular complexity index is 831. The number of hydrogen-bond donors (Lipinski definition) is 3. The van der Waals surface area contributed by atoms with Gasteiger partial charge in [0.15, 0.2) is 0 Å². The normalized spacial score (nSPS) is 25.1. The molecule has 3 aliphatic rings. The van der Waals surface area contributed by atoms with Gasteiger partial charge in [-0.2, -0.15) is 0 Å². The van der Waals surface area contributed by atoms with E-state index in [4.69, 9.17) is 0 Å². The fourth-order valence-electron chi connectivity index (χ4n) is 4.12. The SMILES string of the molecule is O=C1CCC(N2C(=O)c3ccc(CNC[C@H]4CCCCN4)cc3C2=O)C(=O)N1. The standard InChI is InChI=1S/C20H24N4O4/c25-17-7-6-16(18(26)23-17)24-19(27)14-5-4-12(9-15(14)20(24)28)10-21-11-13-3-1-2-8-22-13/h4-5,9,13,16,21-22H,1-3,6-8,10-11H2,(H,23,25,26)/t13-,16?/m1/s1. The maximum absolute atomic E-state index is 12.8. The van der Waals surface area contributed by atoms with E-state index in [1.54, 1.807) is 12.1 Å². The van der Waals surface area contributed by atoms with Crippen LogP contribution in [-0.2, 0) is 16.1 Å². The molecule has 1 unspecified atom stereocenters. The van der Waals surface area contributed by atoms with Crippen molar-refractivity contribution < 1.29 is 19.2 Å². The van der Waals surface area contributed by atoms with Gasteiger partial charge in [0.2, 0.25) is 11.8 Å². The highest BCUT2D eigenvalue weighted by Gasteiger charge is 2.44. The molecule has 4 amide bonds. The molecular weight excluding hydrogens is 360 g/mol. The summed E-state index contributed by atoms with van der Waals surface area (Å²) in [6, 6.07) is 4.75. The maximum atomic E-state index is 12.8. The van der Waals surface area contributed by atoms with E-state index in [9.17, 15) is 19.2 Å². The first-order chi connectivity index (χ1) is 13.5. The van der Waals surface area contributed by atoms with E-state index < -0.39 is 23.8 Å². The van der Waals surface area contributed by atoms with Crippen molar-refractivity contribution in [1.82, 2.24) is 20.9 Å². The molecule has 28 heavy (non-hydrogen) atoms. The molecule has 2 atom stereocenters. The summed E-state index contributed by atoms with van der Waals surface area (Å²) in [6.07, 6.45) is 3.91. The largest absolute Gasteiger partial charge is 0.313 e. The molecule has 3 heterocycles. The van der Waals surface area contributed by atoms with Crippen molar-refractivity contribution in [1.29, 1.82) is 0 Å². The molecule has 8 heteroatoms. The van der Waals surface area contributed by atoms with E-state index in [2.05, 4.69) is 16.0 Å².